The van der Waals surface area contributed by atoms with Crippen LogP contribution in [0.25, 0.3) is 0 Å². The Kier molecular flexibility index (Phi) is 4.41. The summed E-state index contributed by atoms with van der Waals surface area (Å²) in [5, 5.41) is 8.98. The van der Waals surface area contributed by atoms with Gasteiger partial charge in [-0.3, -0.25) is 0 Å². The molecule has 0 aromatic rings. The zero-order chi connectivity index (χ0) is 10.4. The first kappa shape index (κ1) is 11.5. The second-order valence-electron chi connectivity index (χ2n) is 4.79. The maximum atomic E-state index is 8.98. The van der Waals surface area contributed by atoms with Crippen LogP contribution in [0.3, 0.4) is 0 Å². The highest BCUT2D eigenvalue weighted by Crippen LogP contribution is 2.43. The molecule has 1 saturated carbocycles. The van der Waals surface area contributed by atoms with Crippen LogP contribution in [-0.2, 0) is 4.74 Å². The molecule has 0 spiro atoms. The van der Waals surface area contributed by atoms with E-state index in [9.17, 15) is 0 Å². The smallest absolute Gasteiger partial charge is 0.0690 e. The fraction of sp³-hybridized carbons (Fsp3) is 0.917. The highest BCUT2D eigenvalue weighted by molar-refractivity contribution is 5.04. The topological polar surface area (TPSA) is 33.0 Å². The van der Waals surface area contributed by atoms with E-state index in [0.29, 0.717) is 5.92 Å². The van der Waals surface area contributed by atoms with Crippen LogP contribution in [0.4, 0.5) is 0 Å². The summed E-state index contributed by atoms with van der Waals surface area (Å²) in [5.74, 6) is 0.712. The van der Waals surface area contributed by atoms with Crippen LogP contribution < -0.4 is 0 Å². The number of hydrogen-bond acceptors (Lipinski definition) is 2. The van der Waals surface area contributed by atoms with Crippen molar-refractivity contribution >= 4 is 0 Å². The fourth-order valence-corrected chi connectivity index (χ4v) is 1.71. The predicted octanol–water partition coefficient (Wildman–Crippen LogP) is 3.13. The molecule has 14 heavy (non-hydrogen) atoms. The molecular weight excluding hydrogens is 174 g/mol. The van der Waals surface area contributed by atoms with E-state index in [4.69, 9.17) is 10.00 Å². The molecule has 1 fully saturated rings. The molecule has 0 unspecified atom stereocenters. The predicted molar refractivity (Wildman–Crippen MR) is 56.8 cm³/mol. The van der Waals surface area contributed by atoms with E-state index in [1.165, 1.54) is 6.42 Å². The minimum atomic E-state index is -0.0160. The Morgan fingerprint density at radius 2 is 2.07 bits per heavy atom. The van der Waals surface area contributed by atoms with Crippen LogP contribution >= 0.6 is 0 Å². The van der Waals surface area contributed by atoms with E-state index < -0.39 is 0 Å². The standard InChI is InChI=1S/C12H21NO/c1-11(2)4-8-14-9-7-12(10-13)5-3-6-12/h11H,3-9H2,1-2H3. The highest BCUT2D eigenvalue weighted by atomic mass is 16.5. The Morgan fingerprint density at radius 3 is 2.50 bits per heavy atom. The minimum absolute atomic E-state index is 0.0160. The first-order valence-corrected chi connectivity index (χ1v) is 5.67. The lowest BCUT2D eigenvalue weighted by Crippen LogP contribution is -2.29. The van der Waals surface area contributed by atoms with Crippen LogP contribution in [0.15, 0.2) is 0 Å². The normalized spacial score (nSPS) is 19.0. The molecule has 80 valence electrons. The van der Waals surface area contributed by atoms with E-state index >= 15 is 0 Å². The molecule has 0 bridgehead atoms. The third-order valence-corrected chi connectivity index (χ3v) is 3.11. The van der Waals surface area contributed by atoms with Gasteiger partial charge >= 0.3 is 0 Å². The SMILES string of the molecule is CC(C)CCOCCC1(C#N)CCC1. The number of ether oxygens (including phenoxy) is 1. The number of nitrogens with zero attached hydrogens (tertiary/aromatic N) is 1. The van der Waals surface area contributed by atoms with Gasteiger partial charge in [0.15, 0.2) is 0 Å². The monoisotopic (exact) mass is 195 g/mol. The van der Waals surface area contributed by atoms with Gasteiger partial charge in [0.05, 0.1) is 11.5 Å². The van der Waals surface area contributed by atoms with Gasteiger partial charge in [0.2, 0.25) is 0 Å². The van der Waals surface area contributed by atoms with Crippen LogP contribution in [0, 0.1) is 22.7 Å². The largest absolute Gasteiger partial charge is 0.381 e. The summed E-state index contributed by atoms with van der Waals surface area (Å²) in [7, 11) is 0. The van der Waals surface area contributed by atoms with Gasteiger partial charge in [-0.15, -0.1) is 0 Å². The summed E-state index contributed by atoms with van der Waals surface area (Å²) in [6.45, 7) is 6.01. The molecule has 2 heteroatoms. The van der Waals surface area contributed by atoms with Crippen LogP contribution in [0.1, 0.15) is 46.0 Å². The molecule has 1 aliphatic carbocycles. The maximum Gasteiger partial charge on any atom is 0.0690 e. The molecule has 0 saturated heterocycles. The first-order valence-electron chi connectivity index (χ1n) is 5.67. The second-order valence-corrected chi connectivity index (χ2v) is 4.79. The molecule has 0 aromatic carbocycles. The van der Waals surface area contributed by atoms with Crippen molar-refractivity contribution in [3.05, 3.63) is 0 Å². The van der Waals surface area contributed by atoms with Crippen molar-refractivity contribution in [1.29, 1.82) is 5.26 Å². The quantitative estimate of drug-likeness (QED) is 0.610. The number of nitriles is 1. The number of hydrogen-bond donors (Lipinski definition) is 0. The van der Waals surface area contributed by atoms with Crippen LogP contribution in [0.5, 0.6) is 0 Å². The third kappa shape index (κ3) is 3.31. The summed E-state index contributed by atoms with van der Waals surface area (Å²) in [6.07, 6.45) is 5.44. The molecule has 0 aliphatic heterocycles. The zero-order valence-corrected chi connectivity index (χ0v) is 9.38. The van der Waals surface area contributed by atoms with Gasteiger partial charge in [-0.25, -0.2) is 0 Å². The lowest BCUT2D eigenvalue weighted by molar-refractivity contribution is 0.0764. The van der Waals surface area contributed by atoms with Crippen molar-refractivity contribution in [1.82, 2.24) is 0 Å². The molecule has 0 radical (unpaired) electrons. The van der Waals surface area contributed by atoms with Crippen molar-refractivity contribution in [3.8, 4) is 6.07 Å². The maximum absolute atomic E-state index is 8.98. The van der Waals surface area contributed by atoms with E-state index in [2.05, 4.69) is 19.9 Å². The van der Waals surface area contributed by atoms with Gasteiger partial charge in [-0.2, -0.15) is 5.26 Å². The highest BCUT2D eigenvalue weighted by Gasteiger charge is 2.36. The molecule has 0 aromatic heterocycles. The van der Waals surface area contributed by atoms with Gasteiger partial charge in [0.1, 0.15) is 0 Å². The molecule has 0 atom stereocenters. The van der Waals surface area contributed by atoms with E-state index in [-0.39, 0.29) is 5.41 Å². The van der Waals surface area contributed by atoms with Gasteiger partial charge in [-0.05, 0) is 31.6 Å². The van der Waals surface area contributed by atoms with Crippen molar-refractivity contribution in [2.45, 2.75) is 46.0 Å². The van der Waals surface area contributed by atoms with Gasteiger partial charge in [0.25, 0.3) is 0 Å². The summed E-state index contributed by atoms with van der Waals surface area (Å²) >= 11 is 0. The summed E-state index contributed by atoms with van der Waals surface area (Å²) < 4.78 is 5.53. The lowest BCUT2D eigenvalue weighted by atomic mass is 9.68. The molecular formula is C12H21NO. The number of rotatable bonds is 6. The Labute approximate surface area is 87.3 Å². The summed E-state index contributed by atoms with van der Waals surface area (Å²) in [5.41, 5.74) is -0.0160. The Hall–Kier alpha value is -0.550. The van der Waals surface area contributed by atoms with Crippen LogP contribution in [-0.4, -0.2) is 13.2 Å². The van der Waals surface area contributed by atoms with Crippen molar-refractivity contribution < 1.29 is 4.74 Å². The molecule has 1 aliphatic rings. The van der Waals surface area contributed by atoms with Crippen molar-refractivity contribution in [2.24, 2.45) is 11.3 Å². The zero-order valence-electron chi connectivity index (χ0n) is 9.38. The minimum Gasteiger partial charge on any atom is -0.381 e. The van der Waals surface area contributed by atoms with Gasteiger partial charge < -0.3 is 4.74 Å². The van der Waals surface area contributed by atoms with Crippen molar-refractivity contribution in [2.75, 3.05) is 13.2 Å². The Bertz CT molecular complexity index is 201. The summed E-state index contributed by atoms with van der Waals surface area (Å²) in [4.78, 5) is 0. The van der Waals surface area contributed by atoms with Gasteiger partial charge in [-0.1, -0.05) is 20.3 Å². The third-order valence-electron chi connectivity index (χ3n) is 3.11. The Morgan fingerprint density at radius 1 is 1.36 bits per heavy atom. The second kappa shape index (κ2) is 5.36. The van der Waals surface area contributed by atoms with E-state index in [0.717, 1.165) is 38.9 Å². The van der Waals surface area contributed by atoms with Crippen LogP contribution in [0.2, 0.25) is 0 Å². The average Bonchev–Trinajstić information content (AvgIpc) is 2.08. The molecule has 1 rings (SSSR count). The first-order chi connectivity index (χ1) is 6.68. The molecule has 0 heterocycles. The Balaban J connectivity index is 2.01. The molecule has 0 N–H and O–H groups in total. The van der Waals surface area contributed by atoms with E-state index in [1.807, 2.05) is 0 Å². The van der Waals surface area contributed by atoms with Gasteiger partial charge in [0, 0.05) is 13.2 Å². The summed E-state index contributed by atoms with van der Waals surface area (Å²) in [6, 6.07) is 2.43. The average molecular weight is 195 g/mol. The van der Waals surface area contributed by atoms with E-state index in [1.54, 1.807) is 0 Å². The fourth-order valence-electron chi connectivity index (χ4n) is 1.71. The van der Waals surface area contributed by atoms with Crippen molar-refractivity contribution in [3.63, 3.8) is 0 Å². The molecule has 0 amide bonds. The molecule has 2 nitrogen and oxygen atoms in total. The lowest BCUT2D eigenvalue weighted by Gasteiger charge is -2.34.